The molecule has 0 N–H and O–H groups in total. The highest BCUT2D eigenvalue weighted by Crippen LogP contribution is 2.85. The van der Waals surface area contributed by atoms with Gasteiger partial charge in [0, 0.05) is 0 Å². The van der Waals surface area contributed by atoms with Gasteiger partial charge in [0.05, 0.1) is 0 Å². The Kier molecular flexibility index (Phi) is 1.10. The van der Waals surface area contributed by atoms with E-state index in [0.717, 1.165) is 5.92 Å². The summed E-state index contributed by atoms with van der Waals surface area (Å²) >= 11 is 0. The molecule has 6 aliphatic rings. The van der Waals surface area contributed by atoms with E-state index >= 15 is 0 Å². The molecule has 86 valence electrons. The highest BCUT2D eigenvalue weighted by atomic mass is 14.8. The largest absolute Gasteiger partial charge is 0.0619 e. The minimum absolute atomic E-state index is 1.13. The molecule has 0 aromatic heterocycles. The minimum atomic E-state index is 1.13. The summed E-state index contributed by atoms with van der Waals surface area (Å²) in [6.07, 6.45) is 6.45. The van der Waals surface area contributed by atoms with Crippen molar-refractivity contribution in [3.8, 4) is 0 Å². The van der Waals surface area contributed by atoms with Gasteiger partial charge in [-0.3, -0.25) is 0 Å². The zero-order valence-corrected chi connectivity index (χ0v) is 10.2. The Morgan fingerprint density at radius 2 is 0.938 bits per heavy atom. The lowest BCUT2D eigenvalue weighted by Crippen LogP contribution is -2.77. The van der Waals surface area contributed by atoms with E-state index in [1.165, 1.54) is 59.2 Å². The molecular formula is C16H22. The van der Waals surface area contributed by atoms with Crippen molar-refractivity contribution < 1.29 is 0 Å². The second-order valence-electron chi connectivity index (χ2n) is 8.13. The van der Waals surface area contributed by atoms with E-state index in [0.29, 0.717) is 0 Å². The molecule has 0 bridgehead atoms. The Balaban J connectivity index is 1.39. The normalized spacial score (nSPS) is 80.4. The lowest BCUT2D eigenvalue weighted by Gasteiger charge is -2.81. The quantitative estimate of drug-likeness (QED) is 0.542. The average molecular weight is 214 g/mol. The summed E-state index contributed by atoms with van der Waals surface area (Å²) in [6.45, 7) is 2.61. The van der Waals surface area contributed by atoms with Crippen LogP contribution in [-0.4, -0.2) is 0 Å². The van der Waals surface area contributed by atoms with Crippen molar-refractivity contribution in [2.75, 3.05) is 0 Å². The molecule has 16 heavy (non-hydrogen) atoms. The monoisotopic (exact) mass is 214 g/mol. The molecule has 0 aromatic rings. The molecule has 11 atom stereocenters. The zero-order chi connectivity index (χ0) is 10.2. The molecule has 0 heterocycles. The SMILES string of the molecule is CC1C2CCC2C2C1C1C3C4CCC4C3C21. The summed E-state index contributed by atoms with van der Waals surface area (Å²) in [5, 5.41) is 0. The maximum absolute atomic E-state index is 2.61. The van der Waals surface area contributed by atoms with E-state index in [-0.39, 0.29) is 0 Å². The van der Waals surface area contributed by atoms with Crippen LogP contribution in [0, 0.1) is 65.1 Å². The summed E-state index contributed by atoms with van der Waals surface area (Å²) in [5.74, 6) is 13.6. The smallest absolute Gasteiger partial charge is 0.0312 e. The third-order valence-electron chi connectivity index (χ3n) is 8.64. The first-order valence-electron chi connectivity index (χ1n) is 7.88. The minimum Gasteiger partial charge on any atom is -0.0619 e. The molecule has 0 nitrogen and oxygen atoms in total. The molecule has 0 aromatic carbocycles. The Morgan fingerprint density at radius 1 is 0.500 bits per heavy atom. The molecule has 0 spiro atoms. The second-order valence-corrected chi connectivity index (χ2v) is 8.13. The van der Waals surface area contributed by atoms with Gasteiger partial charge in [-0.25, -0.2) is 0 Å². The van der Waals surface area contributed by atoms with Crippen molar-refractivity contribution in [2.24, 2.45) is 65.1 Å². The maximum atomic E-state index is 2.61. The molecule has 6 rings (SSSR count). The van der Waals surface area contributed by atoms with Gasteiger partial charge in [0.2, 0.25) is 0 Å². The summed E-state index contributed by atoms with van der Waals surface area (Å²) in [5.41, 5.74) is 0. The summed E-state index contributed by atoms with van der Waals surface area (Å²) < 4.78 is 0. The van der Waals surface area contributed by atoms with Crippen molar-refractivity contribution in [1.29, 1.82) is 0 Å². The Morgan fingerprint density at radius 3 is 1.50 bits per heavy atom. The van der Waals surface area contributed by atoms with Crippen molar-refractivity contribution >= 4 is 0 Å². The van der Waals surface area contributed by atoms with E-state index in [2.05, 4.69) is 6.92 Å². The van der Waals surface area contributed by atoms with E-state index in [4.69, 9.17) is 0 Å². The first-order chi connectivity index (χ1) is 7.88. The first-order valence-corrected chi connectivity index (χ1v) is 7.88. The van der Waals surface area contributed by atoms with Crippen LogP contribution in [0.2, 0.25) is 0 Å². The van der Waals surface area contributed by atoms with Gasteiger partial charge in [0.1, 0.15) is 0 Å². The fraction of sp³-hybridized carbons (Fsp3) is 1.00. The van der Waals surface area contributed by atoms with Crippen molar-refractivity contribution in [1.82, 2.24) is 0 Å². The van der Waals surface area contributed by atoms with Gasteiger partial charge in [-0.15, -0.1) is 0 Å². The number of fused-ring (bicyclic) bond motifs is 12. The summed E-state index contributed by atoms with van der Waals surface area (Å²) in [6, 6.07) is 0. The average Bonchev–Trinajstić information content (AvgIpc) is 2.30. The van der Waals surface area contributed by atoms with E-state index in [1.54, 1.807) is 25.7 Å². The molecular weight excluding hydrogens is 192 g/mol. The van der Waals surface area contributed by atoms with Gasteiger partial charge in [-0.05, 0) is 90.8 Å². The summed E-state index contributed by atoms with van der Waals surface area (Å²) in [7, 11) is 0. The standard InChI is InChI=1S/C16H22/c1-6-7-2-3-8(7)12-11(6)15-13-9-4-5-10(9)14(13)16(12)15/h6-16H,2-5H2,1H3. The lowest BCUT2D eigenvalue weighted by molar-refractivity contribution is -0.340. The van der Waals surface area contributed by atoms with E-state index < -0.39 is 0 Å². The van der Waals surface area contributed by atoms with Crippen LogP contribution in [0.5, 0.6) is 0 Å². The zero-order valence-electron chi connectivity index (χ0n) is 10.2. The molecule has 6 saturated carbocycles. The number of hydrogen-bond donors (Lipinski definition) is 0. The highest BCUT2D eigenvalue weighted by molar-refractivity contribution is 5.27. The van der Waals surface area contributed by atoms with Gasteiger partial charge in [0.15, 0.2) is 0 Å². The highest BCUT2D eigenvalue weighted by Gasteiger charge is 2.80. The Bertz CT molecular complexity index is 355. The topological polar surface area (TPSA) is 0 Å². The van der Waals surface area contributed by atoms with Crippen LogP contribution in [0.1, 0.15) is 32.6 Å². The molecule has 0 saturated heterocycles. The fourth-order valence-corrected chi connectivity index (χ4v) is 8.02. The van der Waals surface area contributed by atoms with Crippen LogP contribution in [0.15, 0.2) is 0 Å². The predicted molar refractivity (Wildman–Crippen MR) is 62.5 cm³/mol. The third kappa shape index (κ3) is 0.543. The second kappa shape index (κ2) is 2.15. The molecule has 0 amide bonds. The van der Waals surface area contributed by atoms with Crippen molar-refractivity contribution in [3.05, 3.63) is 0 Å². The Labute approximate surface area is 98.2 Å². The van der Waals surface area contributed by atoms with Crippen LogP contribution < -0.4 is 0 Å². The first kappa shape index (κ1) is 8.16. The van der Waals surface area contributed by atoms with Crippen LogP contribution in [0.25, 0.3) is 0 Å². The number of hydrogen-bond acceptors (Lipinski definition) is 0. The molecule has 6 fully saturated rings. The maximum Gasteiger partial charge on any atom is -0.0312 e. The van der Waals surface area contributed by atoms with Crippen molar-refractivity contribution in [2.45, 2.75) is 32.6 Å². The predicted octanol–water partition coefficient (Wildman–Crippen LogP) is 3.43. The lowest BCUT2D eigenvalue weighted by atomic mass is 9.23. The molecule has 0 aliphatic heterocycles. The third-order valence-corrected chi connectivity index (χ3v) is 8.64. The van der Waals surface area contributed by atoms with Crippen LogP contribution >= 0.6 is 0 Å². The van der Waals surface area contributed by atoms with E-state index in [1.807, 2.05) is 0 Å². The van der Waals surface area contributed by atoms with Gasteiger partial charge >= 0.3 is 0 Å². The van der Waals surface area contributed by atoms with E-state index in [9.17, 15) is 0 Å². The summed E-state index contributed by atoms with van der Waals surface area (Å²) in [4.78, 5) is 0. The van der Waals surface area contributed by atoms with Crippen LogP contribution in [0.3, 0.4) is 0 Å². The van der Waals surface area contributed by atoms with Crippen LogP contribution in [-0.2, 0) is 0 Å². The molecule has 6 aliphatic carbocycles. The number of rotatable bonds is 0. The molecule has 11 unspecified atom stereocenters. The Hall–Kier alpha value is 0. The molecule has 0 heteroatoms. The van der Waals surface area contributed by atoms with Gasteiger partial charge in [0.25, 0.3) is 0 Å². The van der Waals surface area contributed by atoms with Gasteiger partial charge < -0.3 is 0 Å². The van der Waals surface area contributed by atoms with Crippen molar-refractivity contribution in [3.63, 3.8) is 0 Å². The molecule has 0 radical (unpaired) electrons. The van der Waals surface area contributed by atoms with Gasteiger partial charge in [-0.1, -0.05) is 6.92 Å². The fourth-order valence-electron chi connectivity index (χ4n) is 8.02. The van der Waals surface area contributed by atoms with Crippen LogP contribution in [0.4, 0.5) is 0 Å². The van der Waals surface area contributed by atoms with Gasteiger partial charge in [-0.2, -0.15) is 0 Å².